The second-order valence-corrected chi connectivity index (χ2v) is 8.47. The second kappa shape index (κ2) is 8.49. The quantitative estimate of drug-likeness (QED) is 0.654. The molecule has 1 aromatic carbocycles. The summed E-state index contributed by atoms with van der Waals surface area (Å²) < 4.78 is 1.98. The molecule has 2 aliphatic rings. The molecule has 2 aliphatic heterocycles. The molecular weight excluding hydrogens is 390 g/mol. The summed E-state index contributed by atoms with van der Waals surface area (Å²) in [7, 11) is 0. The van der Waals surface area contributed by atoms with Crippen LogP contribution in [0.3, 0.4) is 0 Å². The van der Waals surface area contributed by atoms with E-state index >= 15 is 0 Å². The van der Waals surface area contributed by atoms with Gasteiger partial charge in [-0.25, -0.2) is 9.97 Å². The van der Waals surface area contributed by atoms with Crippen LogP contribution in [0.15, 0.2) is 48.9 Å². The number of nitrogens with zero attached hydrogens (tertiary/aromatic N) is 5. The monoisotopic (exact) mass is 417 g/mol. The molecule has 160 valence electrons. The van der Waals surface area contributed by atoms with Gasteiger partial charge in [0, 0.05) is 25.8 Å². The van der Waals surface area contributed by atoms with E-state index in [9.17, 15) is 9.59 Å². The van der Waals surface area contributed by atoms with Crippen LogP contribution in [0.25, 0.3) is 11.2 Å². The normalized spacial score (nSPS) is 19.2. The smallest absolute Gasteiger partial charge is 0.256 e. The van der Waals surface area contributed by atoms with Crippen LogP contribution in [0.4, 0.5) is 0 Å². The molecule has 5 rings (SSSR count). The molecule has 0 saturated carbocycles. The highest BCUT2D eigenvalue weighted by Gasteiger charge is 2.37. The van der Waals surface area contributed by atoms with E-state index in [2.05, 4.69) is 22.1 Å². The van der Waals surface area contributed by atoms with Crippen molar-refractivity contribution >= 4 is 23.0 Å². The standard InChI is InChI=1S/C24H27N5O2/c30-23(29-13-7-10-21(29)24(31)27-11-5-2-6-12-27)19-14-20-22(25-15-19)28(17-26-20)16-18-8-3-1-4-9-18/h1,3-4,8-9,14-15,17,21H,2,5-7,10-13,16H2/t21-/m0/s1. The highest BCUT2D eigenvalue weighted by atomic mass is 16.2. The van der Waals surface area contributed by atoms with E-state index in [0.717, 1.165) is 44.4 Å². The minimum atomic E-state index is -0.350. The van der Waals surface area contributed by atoms with Gasteiger partial charge in [-0.1, -0.05) is 30.3 Å². The number of amides is 2. The first kappa shape index (κ1) is 19.7. The molecule has 2 aromatic heterocycles. The largest absolute Gasteiger partial charge is 0.341 e. The average Bonchev–Trinajstić information content (AvgIpc) is 3.47. The summed E-state index contributed by atoms with van der Waals surface area (Å²) in [5.41, 5.74) is 3.11. The fourth-order valence-electron chi connectivity index (χ4n) is 4.72. The van der Waals surface area contributed by atoms with Crippen LogP contribution in [0.2, 0.25) is 0 Å². The van der Waals surface area contributed by atoms with Crippen molar-refractivity contribution in [2.45, 2.75) is 44.7 Å². The summed E-state index contributed by atoms with van der Waals surface area (Å²) in [5.74, 6) is -0.0217. The lowest BCUT2D eigenvalue weighted by Gasteiger charge is -2.32. The Hall–Kier alpha value is -3.22. The Morgan fingerprint density at radius 2 is 1.77 bits per heavy atom. The number of carbonyl (C=O) groups is 2. The van der Waals surface area contributed by atoms with Gasteiger partial charge in [-0.2, -0.15) is 0 Å². The molecule has 7 heteroatoms. The molecule has 0 bridgehead atoms. The summed E-state index contributed by atoms with van der Waals surface area (Å²) in [6.45, 7) is 2.91. The molecule has 0 unspecified atom stereocenters. The Balaban J connectivity index is 1.35. The van der Waals surface area contributed by atoms with Crippen LogP contribution in [0, 0.1) is 0 Å². The van der Waals surface area contributed by atoms with Gasteiger partial charge in [-0.05, 0) is 43.7 Å². The first-order valence-electron chi connectivity index (χ1n) is 11.2. The summed E-state index contributed by atoms with van der Waals surface area (Å²) in [5, 5.41) is 0. The summed E-state index contributed by atoms with van der Waals surface area (Å²) in [4.78, 5) is 39.0. The number of pyridine rings is 1. The lowest BCUT2D eigenvalue weighted by atomic mass is 10.1. The second-order valence-electron chi connectivity index (χ2n) is 8.47. The maximum absolute atomic E-state index is 13.3. The zero-order chi connectivity index (χ0) is 21.2. The molecule has 0 radical (unpaired) electrons. The van der Waals surface area contributed by atoms with Gasteiger partial charge < -0.3 is 14.4 Å². The third kappa shape index (κ3) is 3.92. The van der Waals surface area contributed by atoms with Gasteiger partial charge in [0.15, 0.2) is 5.65 Å². The van der Waals surface area contributed by atoms with Gasteiger partial charge in [0.25, 0.3) is 5.91 Å². The number of imidazole rings is 1. The highest BCUT2D eigenvalue weighted by molar-refractivity contribution is 5.99. The van der Waals surface area contributed by atoms with E-state index in [1.165, 1.54) is 12.0 Å². The van der Waals surface area contributed by atoms with Crippen LogP contribution < -0.4 is 0 Å². The van der Waals surface area contributed by atoms with Crippen molar-refractivity contribution in [2.75, 3.05) is 19.6 Å². The fourth-order valence-corrected chi connectivity index (χ4v) is 4.72. The number of carbonyl (C=O) groups excluding carboxylic acids is 2. The van der Waals surface area contributed by atoms with Crippen molar-refractivity contribution in [3.8, 4) is 0 Å². The van der Waals surface area contributed by atoms with E-state index in [1.807, 2.05) is 27.7 Å². The number of fused-ring (bicyclic) bond motifs is 1. The van der Waals surface area contributed by atoms with E-state index in [1.54, 1.807) is 23.5 Å². The van der Waals surface area contributed by atoms with Crippen molar-refractivity contribution in [3.05, 3.63) is 60.0 Å². The Morgan fingerprint density at radius 1 is 0.968 bits per heavy atom. The molecule has 31 heavy (non-hydrogen) atoms. The SMILES string of the molecule is O=C([C@@H]1CCCN1C(=O)c1cnc2c(c1)ncn2Cc1ccccc1)N1CCCCC1. The average molecular weight is 418 g/mol. The zero-order valence-corrected chi connectivity index (χ0v) is 17.6. The molecule has 1 atom stereocenters. The Labute approximate surface area is 181 Å². The Bertz CT molecular complexity index is 1090. The van der Waals surface area contributed by atoms with Gasteiger partial charge in [0.2, 0.25) is 5.91 Å². The van der Waals surface area contributed by atoms with Crippen molar-refractivity contribution in [1.82, 2.24) is 24.3 Å². The first-order chi connectivity index (χ1) is 15.2. The third-order valence-corrected chi connectivity index (χ3v) is 6.36. The highest BCUT2D eigenvalue weighted by Crippen LogP contribution is 2.24. The minimum Gasteiger partial charge on any atom is -0.341 e. The van der Waals surface area contributed by atoms with Crippen LogP contribution >= 0.6 is 0 Å². The minimum absolute atomic E-state index is 0.103. The molecular formula is C24H27N5O2. The zero-order valence-electron chi connectivity index (χ0n) is 17.6. The molecule has 2 fully saturated rings. The van der Waals surface area contributed by atoms with Gasteiger partial charge >= 0.3 is 0 Å². The maximum Gasteiger partial charge on any atom is 0.256 e. The molecule has 0 spiro atoms. The number of rotatable bonds is 4. The van der Waals surface area contributed by atoms with Crippen LogP contribution in [0.5, 0.6) is 0 Å². The lowest BCUT2D eigenvalue weighted by Crippen LogP contribution is -2.49. The van der Waals surface area contributed by atoms with Crippen molar-refractivity contribution in [2.24, 2.45) is 0 Å². The topological polar surface area (TPSA) is 71.3 Å². The lowest BCUT2D eigenvalue weighted by molar-refractivity contribution is -0.136. The number of likely N-dealkylation sites (tertiary alicyclic amines) is 2. The predicted octanol–water partition coefficient (Wildman–Crippen LogP) is 3.10. The summed E-state index contributed by atoms with van der Waals surface area (Å²) >= 11 is 0. The van der Waals surface area contributed by atoms with Crippen molar-refractivity contribution < 1.29 is 9.59 Å². The van der Waals surface area contributed by atoms with Gasteiger partial charge in [-0.3, -0.25) is 9.59 Å². The van der Waals surface area contributed by atoms with Crippen molar-refractivity contribution in [1.29, 1.82) is 0 Å². The number of hydrogen-bond donors (Lipinski definition) is 0. The van der Waals surface area contributed by atoms with Crippen LogP contribution in [0.1, 0.15) is 48.0 Å². The van der Waals surface area contributed by atoms with Crippen LogP contribution in [-0.2, 0) is 11.3 Å². The van der Waals surface area contributed by atoms with Gasteiger partial charge in [0.05, 0.1) is 18.4 Å². The number of hydrogen-bond acceptors (Lipinski definition) is 4. The van der Waals surface area contributed by atoms with Gasteiger partial charge in [0.1, 0.15) is 11.6 Å². The van der Waals surface area contributed by atoms with E-state index in [0.29, 0.717) is 24.2 Å². The third-order valence-electron chi connectivity index (χ3n) is 6.36. The van der Waals surface area contributed by atoms with E-state index < -0.39 is 0 Å². The maximum atomic E-state index is 13.3. The van der Waals surface area contributed by atoms with Crippen LogP contribution in [-0.4, -0.2) is 61.8 Å². The number of aromatic nitrogens is 3. The van der Waals surface area contributed by atoms with Gasteiger partial charge in [-0.15, -0.1) is 0 Å². The molecule has 3 aromatic rings. The van der Waals surface area contributed by atoms with Crippen molar-refractivity contribution in [3.63, 3.8) is 0 Å². The first-order valence-corrected chi connectivity index (χ1v) is 11.2. The fraction of sp³-hybridized carbons (Fsp3) is 0.417. The molecule has 7 nitrogen and oxygen atoms in total. The Kier molecular flexibility index (Phi) is 5.40. The summed E-state index contributed by atoms with van der Waals surface area (Å²) in [6, 6.07) is 11.6. The molecule has 0 N–H and O–H groups in total. The summed E-state index contributed by atoms with van der Waals surface area (Å²) in [6.07, 6.45) is 8.27. The number of piperidine rings is 1. The molecule has 4 heterocycles. The van der Waals surface area contributed by atoms with E-state index in [4.69, 9.17) is 0 Å². The molecule has 0 aliphatic carbocycles. The molecule has 2 amide bonds. The van der Waals surface area contributed by atoms with E-state index in [-0.39, 0.29) is 17.9 Å². The predicted molar refractivity (Wildman–Crippen MR) is 118 cm³/mol. The number of benzene rings is 1. The Morgan fingerprint density at radius 3 is 2.58 bits per heavy atom. The molecule has 2 saturated heterocycles.